The van der Waals surface area contributed by atoms with E-state index in [9.17, 15) is 0 Å². The molecule has 1 aromatic heterocycles. The minimum atomic E-state index is -0.369. The molecule has 1 heterocycles. The summed E-state index contributed by atoms with van der Waals surface area (Å²) in [4.78, 5) is 15.0. The molecule has 0 saturated carbocycles. The second-order valence-electron chi connectivity index (χ2n) is 15.5. The first kappa shape index (κ1) is 33.4. The van der Waals surface area contributed by atoms with Crippen LogP contribution in [0, 0.1) is 0 Å². The van der Waals surface area contributed by atoms with Crippen molar-refractivity contribution in [1.82, 2.24) is 15.0 Å². The van der Waals surface area contributed by atoms with Crippen LogP contribution in [0.5, 0.6) is 0 Å². The van der Waals surface area contributed by atoms with Crippen molar-refractivity contribution in [3.63, 3.8) is 0 Å². The molecule has 10 aromatic rings. The molecule has 1 spiro atoms. The van der Waals surface area contributed by atoms with Gasteiger partial charge in [0.2, 0.25) is 0 Å². The van der Waals surface area contributed by atoms with Crippen molar-refractivity contribution < 1.29 is 0 Å². The predicted molar refractivity (Wildman–Crippen MR) is 241 cm³/mol. The molecule has 59 heavy (non-hydrogen) atoms. The Morgan fingerprint density at radius 3 is 1.42 bits per heavy atom. The maximum absolute atomic E-state index is 5.05. The second-order valence-corrected chi connectivity index (χ2v) is 15.5. The Morgan fingerprint density at radius 2 is 0.712 bits per heavy atom. The van der Waals surface area contributed by atoms with Gasteiger partial charge in [0.15, 0.2) is 17.5 Å². The van der Waals surface area contributed by atoms with Gasteiger partial charge in [-0.2, -0.15) is 0 Å². The summed E-state index contributed by atoms with van der Waals surface area (Å²) in [6.07, 6.45) is 0. The van der Waals surface area contributed by atoms with Gasteiger partial charge in [-0.3, -0.25) is 0 Å². The molecule has 3 nitrogen and oxygen atoms in total. The highest BCUT2D eigenvalue weighted by molar-refractivity contribution is 6.00. The van der Waals surface area contributed by atoms with Crippen LogP contribution in [0.3, 0.4) is 0 Å². The third kappa shape index (κ3) is 5.11. The zero-order valence-corrected chi connectivity index (χ0v) is 32.0. The quantitative estimate of drug-likeness (QED) is 0.176. The molecule has 0 fully saturated rings. The lowest BCUT2D eigenvalue weighted by molar-refractivity contribution is 0.794. The first-order chi connectivity index (χ1) is 29.2. The molecule has 2 aliphatic rings. The van der Waals surface area contributed by atoms with Crippen molar-refractivity contribution in [3.8, 4) is 78.7 Å². The average molecular weight is 750 g/mol. The molecule has 3 heteroatoms. The lowest BCUT2D eigenvalue weighted by atomic mass is 9.70. The van der Waals surface area contributed by atoms with E-state index in [1.165, 1.54) is 61.0 Å². The molecule has 0 saturated heterocycles. The highest BCUT2D eigenvalue weighted by Gasteiger charge is 2.51. The van der Waals surface area contributed by atoms with E-state index < -0.39 is 0 Å². The van der Waals surface area contributed by atoms with E-state index in [-0.39, 0.29) is 5.41 Å². The van der Waals surface area contributed by atoms with Crippen LogP contribution in [0.15, 0.2) is 212 Å². The van der Waals surface area contributed by atoms with Gasteiger partial charge in [0, 0.05) is 16.7 Å². The van der Waals surface area contributed by atoms with Crippen molar-refractivity contribution >= 4 is 10.8 Å². The van der Waals surface area contributed by atoms with Gasteiger partial charge in [-0.15, -0.1) is 0 Å². The monoisotopic (exact) mass is 749 g/mol. The minimum absolute atomic E-state index is 0.369. The number of hydrogen-bond donors (Lipinski definition) is 0. The third-order valence-electron chi connectivity index (χ3n) is 12.3. The Balaban J connectivity index is 0.948. The Labute approximate surface area is 343 Å². The second kappa shape index (κ2) is 13.2. The zero-order chi connectivity index (χ0) is 38.9. The van der Waals surface area contributed by atoms with Gasteiger partial charge < -0.3 is 0 Å². The zero-order valence-electron chi connectivity index (χ0n) is 32.0. The Kier molecular flexibility index (Phi) is 7.45. The minimum Gasteiger partial charge on any atom is -0.208 e. The summed E-state index contributed by atoms with van der Waals surface area (Å²) in [6, 6.07) is 76.4. The summed E-state index contributed by atoms with van der Waals surface area (Å²) in [5, 5.41) is 2.34. The number of nitrogens with zero attached hydrogens (tertiary/aromatic N) is 3. The maximum Gasteiger partial charge on any atom is 0.164 e. The summed E-state index contributed by atoms with van der Waals surface area (Å²) in [6.45, 7) is 0. The van der Waals surface area contributed by atoms with Crippen molar-refractivity contribution in [2.24, 2.45) is 0 Å². The highest BCUT2D eigenvalue weighted by atomic mass is 15.0. The number of aromatic nitrogens is 3. The number of rotatable bonds is 5. The van der Waals surface area contributed by atoms with Crippen LogP contribution < -0.4 is 0 Å². The molecule has 12 rings (SSSR count). The summed E-state index contributed by atoms with van der Waals surface area (Å²) in [5.74, 6) is 1.95. The fourth-order valence-corrected chi connectivity index (χ4v) is 9.74. The molecular weight excluding hydrogens is 715 g/mol. The van der Waals surface area contributed by atoms with Gasteiger partial charge in [-0.1, -0.05) is 200 Å². The molecule has 0 unspecified atom stereocenters. The van der Waals surface area contributed by atoms with Crippen LogP contribution in [0.25, 0.3) is 89.4 Å². The standard InChI is InChI=1S/C56H35N3/c1-2-15-38(16-3-1)53-57-54(59-55(58-53)43-33-30-36-14-4-5-17-40(36)35-43)39-31-28-37(29-32-39)41-18-12-19-42(34-41)44-23-13-27-51-52(44)47-22-8-11-26-50(47)56(51)48-24-9-6-20-45(48)46-21-7-10-25-49(46)56/h1-35H. The van der Waals surface area contributed by atoms with Gasteiger partial charge in [0.05, 0.1) is 5.41 Å². The Bertz CT molecular complexity index is 3230. The summed E-state index contributed by atoms with van der Waals surface area (Å²) < 4.78 is 0. The van der Waals surface area contributed by atoms with Gasteiger partial charge in [-0.25, -0.2) is 15.0 Å². The van der Waals surface area contributed by atoms with Crippen LogP contribution in [0.2, 0.25) is 0 Å². The molecule has 0 radical (unpaired) electrons. The first-order valence-electron chi connectivity index (χ1n) is 20.2. The number of benzene rings is 9. The number of hydrogen-bond acceptors (Lipinski definition) is 3. The van der Waals surface area contributed by atoms with Gasteiger partial charge in [-0.05, 0) is 89.7 Å². The lowest BCUT2D eigenvalue weighted by Gasteiger charge is -2.30. The molecule has 274 valence electrons. The lowest BCUT2D eigenvalue weighted by Crippen LogP contribution is -2.25. The molecule has 0 bridgehead atoms. The van der Waals surface area contributed by atoms with E-state index in [2.05, 4.69) is 182 Å². The third-order valence-corrected chi connectivity index (χ3v) is 12.3. The molecule has 0 N–H and O–H groups in total. The fraction of sp³-hybridized carbons (Fsp3) is 0.0179. The van der Waals surface area contributed by atoms with E-state index in [4.69, 9.17) is 15.0 Å². The van der Waals surface area contributed by atoms with Crippen LogP contribution in [0.4, 0.5) is 0 Å². The average Bonchev–Trinajstić information content (AvgIpc) is 3.79. The smallest absolute Gasteiger partial charge is 0.164 e. The fourth-order valence-electron chi connectivity index (χ4n) is 9.74. The van der Waals surface area contributed by atoms with Crippen molar-refractivity contribution in [3.05, 3.63) is 235 Å². The van der Waals surface area contributed by atoms with Crippen LogP contribution in [0.1, 0.15) is 22.3 Å². The topological polar surface area (TPSA) is 38.7 Å². The molecular formula is C56H35N3. The normalized spacial score (nSPS) is 12.9. The van der Waals surface area contributed by atoms with Crippen molar-refractivity contribution in [2.75, 3.05) is 0 Å². The van der Waals surface area contributed by atoms with Crippen molar-refractivity contribution in [2.45, 2.75) is 5.41 Å². The SMILES string of the molecule is c1ccc(-c2nc(-c3ccc(-c4cccc(-c5cccc6c5-c5ccccc5C65c6ccccc6-c6ccccc65)c4)cc3)nc(-c3ccc4ccccc4c3)n2)cc1. The Morgan fingerprint density at radius 1 is 0.254 bits per heavy atom. The van der Waals surface area contributed by atoms with Gasteiger partial charge >= 0.3 is 0 Å². The molecule has 9 aromatic carbocycles. The predicted octanol–water partition coefficient (Wildman–Crippen LogP) is 13.7. The van der Waals surface area contributed by atoms with E-state index >= 15 is 0 Å². The van der Waals surface area contributed by atoms with E-state index in [1.54, 1.807) is 0 Å². The van der Waals surface area contributed by atoms with Crippen molar-refractivity contribution in [1.29, 1.82) is 0 Å². The highest BCUT2D eigenvalue weighted by Crippen LogP contribution is 2.63. The first-order valence-corrected chi connectivity index (χ1v) is 20.2. The largest absolute Gasteiger partial charge is 0.208 e. The summed E-state index contributed by atoms with van der Waals surface area (Å²) in [7, 11) is 0. The van der Waals surface area contributed by atoms with E-state index in [1.807, 2.05) is 30.3 Å². The molecule has 0 atom stereocenters. The molecule has 2 aliphatic carbocycles. The maximum atomic E-state index is 5.05. The van der Waals surface area contributed by atoms with Gasteiger partial charge in [0.1, 0.15) is 0 Å². The summed E-state index contributed by atoms with van der Waals surface area (Å²) in [5.41, 5.74) is 17.9. The Hall–Kier alpha value is -7.75. The molecule has 0 amide bonds. The van der Waals surface area contributed by atoms with Crippen LogP contribution in [-0.2, 0) is 5.41 Å². The van der Waals surface area contributed by atoms with E-state index in [0.29, 0.717) is 17.5 Å². The number of fused-ring (bicyclic) bond motifs is 11. The molecule has 0 aliphatic heterocycles. The van der Waals surface area contributed by atoms with E-state index in [0.717, 1.165) is 33.2 Å². The van der Waals surface area contributed by atoms with Crippen LogP contribution in [-0.4, -0.2) is 15.0 Å². The summed E-state index contributed by atoms with van der Waals surface area (Å²) >= 11 is 0. The van der Waals surface area contributed by atoms with Crippen LogP contribution >= 0.6 is 0 Å². The van der Waals surface area contributed by atoms with Gasteiger partial charge in [0.25, 0.3) is 0 Å².